The molecule has 0 fully saturated rings. The van der Waals surface area contributed by atoms with E-state index in [0.29, 0.717) is 6.04 Å². The van der Waals surface area contributed by atoms with E-state index in [1.807, 2.05) is 0 Å². The topological polar surface area (TPSA) is 12.5 Å². The second-order valence-corrected chi connectivity index (χ2v) is 5.57. The van der Waals surface area contributed by atoms with Gasteiger partial charge in [-0.3, -0.25) is 0 Å². The van der Waals surface area contributed by atoms with Gasteiger partial charge in [-0.1, -0.05) is 19.9 Å². The van der Waals surface area contributed by atoms with E-state index >= 15 is 0 Å². The standard InChI is InChI=1S/C16H25NO/c1-6-16(7-2)14-11-13(18-5)9-8-12(14)10-15(16)17(3)4/h8-9,11,15H,6-7,10H2,1-5H3. The molecule has 0 radical (unpaired) electrons. The van der Waals surface area contributed by atoms with Crippen LogP contribution < -0.4 is 4.74 Å². The van der Waals surface area contributed by atoms with Crippen LogP contribution in [-0.4, -0.2) is 32.1 Å². The van der Waals surface area contributed by atoms with Crippen molar-refractivity contribution in [3.05, 3.63) is 29.3 Å². The summed E-state index contributed by atoms with van der Waals surface area (Å²) < 4.78 is 5.40. The van der Waals surface area contributed by atoms with Gasteiger partial charge >= 0.3 is 0 Å². The molecule has 0 amide bonds. The normalized spacial score (nSPS) is 21.1. The van der Waals surface area contributed by atoms with Crippen LogP contribution in [0.3, 0.4) is 0 Å². The molecule has 2 heteroatoms. The van der Waals surface area contributed by atoms with Crippen molar-refractivity contribution in [2.24, 2.45) is 0 Å². The Morgan fingerprint density at radius 1 is 1.28 bits per heavy atom. The number of methoxy groups -OCH3 is 1. The minimum atomic E-state index is 0.285. The van der Waals surface area contributed by atoms with Gasteiger partial charge in [0.15, 0.2) is 0 Å². The van der Waals surface area contributed by atoms with Gasteiger partial charge in [-0.2, -0.15) is 0 Å². The summed E-state index contributed by atoms with van der Waals surface area (Å²) in [7, 11) is 6.15. The van der Waals surface area contributed by atoms with Crippen LogP contribution >= 0.6 is 0 Å². The number of rotatable bonds is 4. The lowest BCUT2D eigenvalue weighted by atomic mass is 9.73. The van der Waals surface area contributed by atoms with Crippen LogP contribution in [0.4, 0.5) is 0 Å². The SMILES string of the molecule is CCC1(CC)c2cc(OC)ccc2CC1N(C)C. The van der Waals surface area contributed by atoms with Gasteiger partial charge in [0, 0.05) is 11.5 Å². The van der Waals surface area contributed by atoms with Gasteiger partial charge in [0.25, 0.3) is 0 Å². The van der Waals surface area contributed by atoms with Gasteiger partial charge in [0.05, 0.1) is 7.11 Å². The third-order valence-electron chi connectivity index (χ3n) is 4.79. The van der Waals surface area contributed by atoms with Crippen LogP contribution in [0, 0.1) is 0 Å². The molecule has 1 unspecified atom stereocenters. The van der Waals surface area contributed by atoms with E-state index in [2.05, 4.69) is 51.0 Å². The first-order valence-electron chi connectivity index (χ1n) is 6.92. The van der Waals surface area contributed by atoms with Gasteiger partial charge < -0.3 is 9.64 Å². The lowest BCUT2D eigenvalue weighted by Gasteiger charge is -2.38. The van der Waals surface area contributed by atoms with Crippen LogP contribution in [-0.2, 0) is 11.8 Å². The summed E-state index contributed by atoms with van der Waals surface area (Å²) in [6.45, 7) is 4.63. The molecule has 1 aliphatic rings. The fourth-order valence-corrected chi connectivity index (χ4v) is 3.69. The Bertz CT molecular complexity index is 421. The van der Waals surface area contributed by atoms with Crippen LogP contribution in [0.25, 0.3) is 0 Å². The summed E-state index contributed by atoms with van der Waals surface area (Å²) in [6, 6.07) is 7.20. The van der Waals surface area contributed by atoms with Gasteiger partial charge in [-0.25, -0.2) is 0 Å². The first kappa shape index (κ1) is 13.4. The van der Waals surface area contributed by atoms with Gasteiger partial charge in [-0.15, -0.1) is 0 Å². The third kappa shape index (κ3) is 1.83. The largest absolute Gasteiger partial charge is 0.497 e. The van der Waals surface area contributed by atoms with Gasteiger partial charge in [0.2, 0.25) is 0 Å². The molecule has 0 N–H and O–H groups in total. The molecule has 1 atom stereocenters. The number of hydrogen-bond donors (Lipinski definition) is 0. The quantitative estimate of drug-likeness (QED) is 0.810. The number of benzene rings is 1. The summed E-state index contributed by atoms with van der Waals surface area (Å²) >= 11 is 0. The average Bonchev–Trinajstić information content (AvgIpc) is 2.72. The monoisotopic (exact) mass is 247 g/mol. The second kappa shape index (κ2) is 4.93. The van der Waals surface area contributed by atoms with Crippen LogP contribution in [0.2, 0.25) is 0 Å². The van der Waals surface area contributed by atoms with E-state index in [4.69, 9.17) is 4.74 Å². The first-order valence-corrected chi connectivity index (χ1v) is 6.92. The molecule has 2 rings (SSSR count). The molecular weight excluding hydrogens is 222 g/mol. The van der Waals surface area contributed by atoms with Crippen molar-refractivity contribution in [2.45, 2.75) is 44.6 Å². The lowest BCUT2D eigenvalue weighted by molar-refractivity contribution is 0.178. The highest BCUT2D eigenvalue weighted by molar-refractivity contribution is 5.46. The smallest absolute Gasteiger partial charge is 0.119 e. The van der Waals surface area contributed by atoms with Gasteiger partial charge in [-0.05, 0) is 56.6 Å². The summed E-state index contributed by atoms with van der Waals surface area (Å²) in [6.07, 6.45) is 3.53. The van der Waals surface area contributed by atoms with E-state index in [1.165, 1.54) is 24.0 Å². The number of nitrogens with zero attached hydrogens (tertiary/aromatic N) is 1. The Kier molecular flexibility index (Phi) is 3.67. The van der Waals surface area contributed by atoms with Crippen molar-refractivity contribution in [1.29, 1.82) is 0 Å². The molecule has 0 spiro atoms. The average molecular weight is 247 g/mol. The zero-order valence-electron chi connectivity index (χ0n) is 12.3. The Balaban J connectivity index is 2.53. The van der Waals surface area contributed by atoms with E-state index in [-0.39, 0.29) is 5.41 Å². The van der Waals surface area contributed by atoms with Gasteiger partial charge in [0.1, 0.15) is 5.75 Å². The molecule has 0 aliphatic heterocycles. The van der Waals surface area contributed by atoms with Crippen LogP contribution in [0.1, 0.15) is 37.8 Å². The van der Waals surface area contributed by atoms with E-state index in [9.17, 15) is 0 Å². The van der Waals surface area contributed by atoms with Crippen molar-refractivity contribution < 1.29 is 4.74 Å². The Morgan fingerprint density at radius 2 is 1.94 bits per heavy atom. The summed E-state index contributed by atoms with van der Waals surface area (Å²) in [5.41, 5.74) is 3.29. The Labute approximate surface area is 111 Å². The third-order valence-corrected chi connectivity index (χ3v) is 4.79. The Hall–Kier alpha value is -1.02. The van der Waals surface area contributed by atoms with Crippen molar-refractivity contribution in [1.82, 2.24) is 4.90 Å². The highest BCUT2D eigenvalue weighted by Crippen LogP contribution is 2.46. The van der Waals surface area contributed by atoms with Crippen molar-refractivity contribution in [3.8, 4) is 5.75 Å². The van der Waals surface area contributed by atoms with Crippen molar-refractivity contribution in [3.63, 3.8) is 0 Å². The maximum Gasteiger partial charge on any atom is 0.119 e. The molecule has 0 bridgehead atoms. The minimum Gasteiger partial charge on any atom is -0.497 e. The minimum absolute atomic E-state index is 0.285. The molecule has 1 aromatic carbocycles. The second-order valence-electron chi connectivity index (χ2n) is 5.57. The maximum absolute atomic E-state index is 5.40. The maximum atomic E-state index is 5.40. The fraction of sp³-hybridized carbons (Fsp3) is 0.625. The first-order chi connectivity index (χ1) is 8.58. The summed E-state index contributed by atoms with van der Waals surface area (Å²) in [5.74, 6) is 0.986. The Morgan fingerprint density at radius 3 is 2.44 bits per heavy atom. The zero-order chi connectivity index (χ0) is 13.3. The number of ether oxygens (including phenoxy) is 1. The van der Waals surface area contributed by atoms with E-state index in [0.717, 1.165) is 12.2 Å². The van der Waals surface area contributed by atoms with Crippen LogP contribution in [0.15, 0.2) is 18.2 Å². The molecule has 1 aromatic rings. The number of hydrogen-bond acceptors (Lipinski definition) is 2. The molecule has 2 nitrogen and oxygen atoms in total. The highest BCUT2D eigenvalue weighted by Gasteiger charge is 2.45. The highest BCUT2D eigenvalue weighted by atomic mass is 16.5. The van der Waals surface area contributed by atoms with Crippen LogP contribution in [0.5, 0.6) is 5.75 Å². The number of likely N-dealkylation sites (N-methyl/N-ethyl adjacent to an activating group) is 1. The molecule has 1 aliphatic carbocycles. The molecule has 18 heavy (non-hydrogen) atoms. The van der Waals surface area contributed by atoms with Crippen molar-refractivity contribution in [2.75, 3.05) is 21.2 Å². The molecule has 0 heterocycles. The number of fused-ring (bicyclic) bond motifs is 1. The van der Waals surface area contributed by atoms with E-state index in [1.54, 1.807) is 7.11 Å². The molecule has 0 aromatic heterocycles. The predicted molar refractivity (Wildman–Crippen MR) is 76.4 cm³/mol. The lowest BCUT2D eigenvalue weighted by Crippen LogP contribution is -2.44. The summed E-state index contributed by atoms with van der Waals surface area (Å²) in [4.78, 5) is 2.39. The molecule has 0 saturated heterocycles. The zero-order valence-corrected chi connectivity index (χ0v) is 12.3. The molecular formula is C16H25NO. The van der Waals surface area contributed by atoms with E-state index < -0.39 is 0 Å². The predicted octanol–water partition coefficient (Wildman–Crippen LogP) is 3.24. The summed E-state index contributed by atoms with van der Waals surface area (Å²) in [5, 5.41) is 0. The molecule has 0 saturated carbocycles. The fourth-order valence-electron chi connectivity index (χ4n) is 3.69. The van der Waals surface area contributed by atoms with Crippen molar-refractivity contribution >= 4 is 0 Å². The molecule has 100 valence electrons.